The number of ether oxygens (including phenoxy) is 1. The molecule has 0 saturated heterocycles. The van der Waals surface area contributed by atoms with Crippen molar-refractivity contribution in [2.45, 2.75) is 12.8 Å². The first kappa shape index (κ1) is 11.5. The first-order valence-electron chi connectivity index (χ1n) is 5.66. The van der Waals surface area contributed by atoms with Crippen molar-refractivity contribution in [2.75, 3.05) is 7.11 Å². The van der Waals surface area contributed by atoms with Crippen molar-refractivity contribution < 1.29 is 4.74 Å². The lowest BCUT2D eigenvalue weighted by molar-refractivity contribution is 0.137. The van der Waals surface area contributed by atoms with Gasteiger partial charge in [-0.1, -0.05) is 19.1 Å². The average molecular weight is 226 g/mol. The predicted octanol–water partition coefficient (Wildman–Crippen LogP) is 2.71. The minimum absolute atomic E-state index is 0.132. The van der Waals surface area contributed by atoms with Gasteiger partial charge in [0.05, 0.1) is 31.1 Å². The molecule has 0 radical (unpaired) electrons. The van der Waals surface area contributed by atoms with Crippen molar-refractivity contribution in [1.82, 2.24) is 0 Å². The summed E-state index contributed by atoms with van der Waals surface area (Å²) >= 11 is 0. The van der Waals surface area contributed by atoms with Crippen molar-refractivity contribution in [2.24, 2.45) is 17.8 Å². The second kappa shape index (κ2) is 4.47. The molecule has 0 aromatic heterocycles. The van der Waals surface area contributed by atoms with Gasteiger partial charge in [-0.15, -0.1) is 0 Å². The Morgan fingerprint density at radius 1 is 1.06 bits per heavy atom. The number of rotatable bonds is 2. The third-order valence-electron chi connectivity index (χ3n) is 3.71. The summed E-state index contributed by atoms with van der Waals surface area (Å²) in [6.45, 7) is 2.04. The van der Waals surface area contributed by atoms with Gasteiger partial charge < -0.3 is 4.74 Å². The first-order chi connectivity index (χ1) is 8.22. The highest BCUT2D eigenvalue weighted by atomic mass is 16.5. The Hall–Kier alpha value is -2.00. The summed E-state index contributed by atoms with van der Waals surface area (Å²) in [5, 5.41) is 18.1. The van der Waals surface area contributed by atoms with E-state index in [0.717, 1.165) is 11.3 Å². The van der Waals surface area contributed by atoms with E-state index in [9.17, 15) is 0 Å². The fourth-order valence-electron chi connectivity index (χ4n) is 2.65. The Kier molecular flexibility index (Phi) is 3.02. The largest absolute Gasteiger partial charge is 0.497 e. The summed E-state index contributed by atoms with van der Waals surface area (Å²) in [4.78, 5) is 0. The van der Waals surface area contributed by atoms with E-state index in [1.165, 1.54) is 0 Å². The van der Waals surface area contributed by atoms with E-state index in [2.05, 4.69) is 12.1 Å². The molecule has 1 saturated carbocycles. The molecule has 0 unspecified atom stereocenters. The SMILES string of the molecule is COc1ccc([C@@H]2[C@@H](C)[C@H](C#N)[C@H]2C#N)cc1. The molecule has 1 fully saturated rings. The fraction of sp³-hybridized carbons (Fsp3) is 0.429. The lowest BCUT2D eigenvalue weighted by Gasteiger charge is -2.43. The molecule has 0 amide bonds. The molecule has 4 atom stereocenters. The Morgan fingerprint density at radius 3 is 2.12 bits per heavy atom. The van der Waals surface area contributed by atoms with Gasteiger partial charge in [-0.05, 0) is 23.6 Å². The first-order valence-corrected chi connectivity index (χ1v) is 5.66. The number of hydrogen-bond donors (Lipinski definition) is 0. The van der Waals surface area contributed by atoms with Crippen molar-refractivity contribution in [3.63, 3.8) is 0 Å². The summed E-state index contributed by atoms with van der Waals surface area (Å²) in [6, 6.07) is 12.2. The number of benzene rings is 1. The standard InChI is InChI=1S/C14H14N2O/c1-9-12(7-15)13(8-16)14(9)10-3-5-11(17-2)6-4-10/h3-6,9,12-14H,1-2H3/t9-,12-,13+,14-/m0/s1. The normalized spacial score (nSPS) is 30.8. The van der Waals surface area contributed by atoms with Crippen LogP contribution in [0, 0.1) is 40.4 Å². The zero-order chi connectivity index (χ0) is 12.4. The Balaban J connectivity index is 2.23. The Bertz CT molecular complexity index is 480. The minimum atomic E-state index is -0.177. The van der Waals surface area contributed by atoms with Gasteiger partial charge in [0.25, 0.3) is 0 Å². The third-order valence-corrected chi connectivity index (χ3v) is 3.71. The molecule has 0 bridgehead atoms. The Labute approximate surface area is 101 Å². The molecule has 1 aliphatic carbocycles. The highest BCUT2D eigenvalue weighted by Crippen LogP contribution is 2.51. The van der Waals surface area contributed by atoms with Crippen LogP contribution in [0.3, 0.4) is 0 Å². The van der Waals surface area contributed by atoms with E-state index in [-0.39, 0.29) is 23.7 Å². The van der Waals surface area contributed by atoms with E-state index in [0.29, 0.717) is 0 Å². The van der Waals surface area contributed by atoms with Crippen LogP contribution in [0.1, 0.15) is 18.4 Å². The number of methoxy groups -OCH3 is 1. The topological polar surface area (TPSA) is 56.8 Å². The van der Waals surface area contributed by atoms with Crippen molar-refractivity contribution in [1.29, 1.82) is 10.5 Å². The zero-order valence-corrected chi connectivity index (χ0v) is 9.92. The van der Waals surface area contributed by atoms with Crippen LogP contribution in [0.15, 0.2) is 24.3 Å². The molecule has 17 heavy (non-hydrogen) atoms. The minimum Gasteiger partial charge on any atom is -0.497 e. The smallest absolute Gasteiger partial charge is 0.118 e. The molecule has 0 heterocycles. The van der Waals surface area contributed by atoms with Crippen molar-refractivity contribution in [3.05, 3.63) is 29.8 Å². The maximum absolute atomic E-state index is 9.11. The summed E-state index contributed by atoms with van der Waals surface area (Å²) in [5.41, 5.74) is 1.12. The monoisotopic (exact) mass is 226 g/mol. The van der Waals surface area contributed by atoms with Gasteiger partial charge in [0.15, 0.2) is 0 Å². The molecular formula is C14H14N2O. The Morgan fingerprint density at radius 2 is 1.65 bits per heavy atom. The summed E-state index contributed by atoms with van der Waals surface area (Å²) in [6.07, 6.45) is 0. The van der Waals surface area contributed by atoms with Gasteiger partial charge in [-0.3, -0.25) is 0 Å². The molecular weight excluding hydrogens is 212 g/mol. The van der Waals surface area contributed by atoms with E-state index >= 15 is 0 Å². The number of nitriles is 2. The van der Waals surface area contributed by atoms with Crippen LogP contribution in [-0.2, 0) is 0 Å². The fourth-order valence-corrected chi connectivity index (χ4v) is 2.65. The summed E-state index contributed by atoms with van der Waals surface area (Å²) < 4.78 is 5.11. The molecule has 1 aromatic rings. The second-order valence-corrected chi connectivity index (χ2v) is 4.47. The molecule has 1 aliphatic rings. The second-order valence-electron chi connectivity index (χ2n) is 4.47. The van der Waals surface area contributed by atoms with Crippen molar-refractivity contribution in [3.8, 4) is 17.9 Å². The van der Waals surface area contributed by atoms with Gasteiger partial charge in [0, 0.05) is 5.92 Å². The lowest BCUT2D eigenvalue weighted by Crippen LogP contribution is -2.41. The number of hydrogen-bond acceptors (Lipinski definition) is 3. The van der Waals surface area contributed by atoms with Crippen molar-refractivity contribution >= 4 is 0 Å². The van der Waals surface area contributed by atoms with Crippen LogP contribution < -0.4 is 4.74 Å². The summed E-state index contributed by atoms with van der Waals surface area (Å²) in [7, 11) is 1.63. The van der Waals surface area contributed by atoms with Crippen LogP contribution in [0.5, 0.6) is 5.75 Å². The third kappa shape index (κ3) is 1.74. The van der Waals surface area contributed by atoms with Gasteiger partial charge in [-0.25, -0.2) is 0 Å². The average Bonchev–Trinajstić information content (AvgIpc) is 2.37. The van der Waals surface area contributed by atoms with Gasteiger partial charge in [-0.2, -0.15) is 10.5 Å². The molecule has 1 aromatic carbocycles. The van der Waals surface area contributed by atoms with Crippen LogP contribution in [0.2, 0.25) is 0 Å². The van der Waals surface area contributed by atoms with E-state index < -0.39 is 0 Å². The highest BCUT2D eigenvalue weighted by molar-refractivity contribution is 5.34. The van der Waals surface area contributed by atoms with Crippen LogP contribution in [0.25, 0.3) is 0 Å². The number of nitrogens with zero attached hydrogens (tertiary/aromatic N) is 2. The molecule has 0 aliphatic heterocycles. The van der Waals surface area contributed by atoms with E-state index in [1.54, 1.807) is 7.11 Å². The molecule has 0 spiro atoms. The van der Waals surface area contributed by atoms with E-state index in [4.69, 9.17) is 15.3 Å². The zero-order valence-electron chi connectivity index (χ0n) is 9.92. The maximum Gasteiger partial charge on any atom is 0.118 e. The molecule has 3 nitrogen and oxygen atoms in total. The maximum atomic E-state index is 9.11. The van der Waals surface area contributed by atoms with E-state index in [1.807, 2.05) is 31.2 Å². The lowest BCUT2D eigenvalue weighted by atomic mass is 9.56. The highest BCUT2D eigenvalue weighted by Gasteiger charge is 2.49. The van der Waals surface area contributed by atoms with Gasteiger partial charge in [0.1, 0.15) is 5.75 Å². The van der Waals surface area contributed by atoms with Crippen LogP contribution in [0.4, 0.5) is 0 Å². The molecule has 86 valence electrons. The van der Waals surface area contributed by atoms with Crippen LogP contribution in [-0.4, -0.2) is 7.11 Å². The molecule has 0 N–H and O–H groups in total. The quantitative estimate of drug-likeness (QED) is 0.779. The molecule has 3 heteroatoms. The molecule has 2 rings (SSSR count). The van der Waals surface area contributed by atoms with Gasteiger partial charge >= 0.3 is 0 Å². The predicted molar refractivity (Wildman–Crippen MR) is 63.1 cm³/mol. The van der Waals surface area contributed by atoms with Gasteiger partial charge in [0.2, 0.25) is 0 Å². The van der Waals surface area contributed by atoms with Crippen LogP contribution >= 0.6 is 0 Å². The summed E-state index contributed by atoms with van der Waals surface area (Å²) in [5.74, 6) is 0.926.